The molecule has 0 unspecified atom stereocenters. The summed E-state index contributed by atoms with van der Waals surface area (Å²) in [6.45, 7) is 4.71. The molecule has 0 saturated carbocycles. The maximum absolute atomic E-state index is 12.5. The lowest BCUT2D eigenvalue weighted by molar-refractivity contribution is -0.0557. The maximum Gasteiger partial charge on any atom is 0.388 e. The zero-order valence-electron chi connectivity index (χ0n) is 13.4. The molecule has 2 aromatic rings. The molecular formula is C16H20F2N2O2. The Hall–Kier alpha value is -2.11. The number of aryl methyl sites for hydroxylation is 2. The van der Waals surface area contributed by atoms with Crippen molar-refractivity contribution in [2.45, 2.75) is 40.4 Å². The summed E-state index contributed by atoms with van der Waals surface area (Å²) in [5, 5.41) is 4.28. The Bertz CT molecular complexity index is 666. The van der Waals surface area contributed by atoms with E-state index < -0.39 is 6.61 Å². The van der Waals surface area contributed by atoms with Gasteiger partial charge in [-0.25, -0.2) is 4.68 Å². The lowest BCUT2D eigenvalue weighted by Crippen LogP contribution is -2.06. The van der Waals surface area contributed by atoms with E-state index in [-0.39, 0.29) is 12.0 Å². The largest absolute Gasteiger partial charge is 0.491 e. The standard InChI is InChI=1S/C16H20F2N2O2/c1-9(2)21-13-7-6-12(8-10(13)3)14-11(4)15(20(5)19-14)22-16(17)18/h6-9,16H,1-5H3. The first-order valence-electron chi connectivity index (χ1n) is 7.05. The number of aromatic nitrogens is 2. The molecule has 1 aromatic carbocycles. The lowest BCUT2D eigenvalue weighted by atomic mass is 10.1. The minimum Gasteiger partial charge on any atom is -0.491 e. The van der Waals surface area contributed by atoms with Gasteiger partial charge in [0.15, 0.2) is 0 Å². The number of rotatable bonds is 5. The Morgan fingerprint density at radius 3 is 2.36 bits per heavy atom. The van der Waals surface area contributed by atoms with Gasteiger partial charge in [-0.2, -0.15) is 13.9 Å². The number of hydrogen-bond donors (Lipinski definition) is 0. The highest BCUT2D eigenvalue weighted by molar-refractivity contribution is 5.67. The van der Waals surface area contributed by atoms with Crippen LogP contribution in [0.4, 0.5) is 8.78 Å². The summed E-state index contributed by atoms with van der Waals surface area (Å²) >= 11 is 0. The molecule has 0 atom stereocenters. The molecule has 6 heteroatoms. The highest BCUT2D eigenvalue weighted by Crippen LogP contribution is 2.32. The van der Waals surface area contributed by atoms with Gasteiger partial charge in [0.2, 0.25) is 5.88 Å². The van der Waals surface area contributed by atoms with E-state index in [2.05, 4.69) is 9.84 Å². The molecule has 1 heterocycles. The Kier molecular flexibility index (Phi) is 4.68. The van der Waals surface area contributed by atoms with Gasteiger partial charge < -0.3 is 9.47 Å². The molecule has 0 N–H and O–H groups in total. The molecule has 0 saturated heterocycles. The summed E-state index contributed by atoms with van der Waals surface area (Å²) in [5.41, 5.74) is 3.01. The van der Waals surface area contributed by atoms with Crippen LogP contribution in [-0.4, -0.2) is 22.5 Å². The smallest absolute Gasteiger partial charge is 0.388 e. The highest BCUT2D eigenvalue weighted by atomic mass is 19.3. The molecule has 0 aliphatic heterocycles. The molecule has 0 spiro atoms. The fourth-order valence-electron chi connectivity index (χ4n) is 2.32. The highest BCUT2D eigenvalue weighted by Gasteiger charge is 2.18. The van der Waals surface area contributed by atoms with Crippen LogP contribution in [0.1, 0.15) is 25.0 Å². The quantitative estimate of drug-likeness (QED) is 0.834. The van der Waals surface area contributed by atoms with E-state index in [4.69, 9.17) is 4.74 Å². The van der Waals surface area contributed by atoms with Crippen LogP contribution in [0.15, 0.2) is 18.2 Å². The molecule has 0 amide bonds. The molecule has 2 rings (SSSR count). The molecule has 1 aromatic heterocycles. The first-order chi connectivity index (χ1) is 10.3. The first kappa shape index (κ1) is 16.3. The van der Waals surface area contributed by atoms with Gasteiger partial charge in [-0.05, 0) is 51.5 Å². The predicted molar refractivity (Wildman–Crippen MR) is 80.5 cm³/mol. The van der Waals surface area contributed by atoms with E-state index in [1.54, 1.807) is 14.0 Å². The molecule has 0 bridgehead atoms. The summed E-state index contributed by atoms with van der Waals surface area (Å²) in [4.78, 5) is 0. The monoisotopic (exact) mass is 310 g/mol. The van der Waals surface area contributed by atoms with Crippen LogP contribution in [0.5, 0.6) is 11.6 Å². The fourth-order valence-corrected chi connectivity index (χ4v) is 2.32. The topological polar surface area (TPSA) is 36.3 Å². The molecule has 0 fully saturated rings. The summed E-state index contributed by atoms with van der Waals surface area (Å²) in [6.07, 6.45) is 0.0900. The Balaban J connectivity index is 2.38. The third-order valence-electron chi connectivity index (χ3n) is 3.23. The van der Waals surface area contributed by atoms with Crippen molar-refractivity contribution in [1.29, 1.82) is 0 Å². The number of halogens is 2. The van der Waals surface area contributed by atoms with E-state index in [0.29, 0.717) is 11.3 Å². The van der Waals surface area contributed by atoms with Crippen LogP contribution in [-0.2, 0) is 7.05 Å². The maximum atomic E-state index is 12.5. The predicted octanol–water partition coefficient (Wildman–Crippen LogP) is 4.09. The molecule has 22 heavy (non-hydrogen) atoms. The third-order valence-corrected chi connectivity index (χ3v) is 3.23. The van der Waals surface area contributed by atoms with E-state index in [1.165, 1.54) is 4.68 Å². The van der Waals surface area contributed by atoms with E-state index in [0.717, 1.165) is 16.9 Å². The van der Waals surface area contributed by atoms with Crippen molar-refractivity contribution in [3.8, 4) is 22.9 Å². The van der Waals surface area contributed by atoms with Crippen LogP contribution < -0.4 is 9.47 Å². The second-order valence-electron chi connectivity index (χ2n) is 5.43. The van der Waals surface area contributed by atoms with Gasteiger partial charge in [-0.1, -0.05) is 0 Å². The SMILES string of the molecule is Cc1cc(-c2nn(C)c(OC(F)F)c2C)ccc1OC(C)C. The van der Waals surface area contributed by atoms with Crippen LogP contribution in [0.3, 0.4) is 0 Å². The normalized spacial score (nSPS) is 11.3. The van der Waals surface area contributed by atoms with Crippen molar-refractivity contribution in [3.05, 3.63) is 29.3 Å². The fraction of sp³-hybridized carbons (Fsp3) is 0.438. The van der Waals surface area contributed by atoms with Crippen molar-refractivity contribution in [3.63, 3.8) is 0 Å². The van der Waals surface area contributed by atoms with Crippen molar-refractivity contribution in [1.82, 2.24) is 9.78 Å². The van der Waals surface area contributed by atoms with Crippen molar-refractivity contribution in [2.24, 2.45) is 7.05 Å². The third kappa shape index (κ3) is 3.37. The van der Waals surface area contributed by atoms with Gasteiger partial charge in [0.25, 0.3) is 0 Å². The van der Waals surface area contributed by atoms with E-state index in [9.17, 15) is 8.78 Å². The average Bonchev–Trinajstić information content (AvgIpc) is 2.68. The van der Waals surface area contributed by atoms with Gasteiger partial charge in [-0.3, -0.25) is 0 Å². The molecule has 4 nitrogen and oxygen atoms in total. The second kappa shape index (κ2) is 6.34. The van der Waals surface area contributed by atoms with Gasteiger partial charge in [0.1, 0.15) is 5.75 Å². The van der Waals surface area contributed by atoms with Crippen LogP contribution in [0.2, 0.25) is 0 Å². The van der Waals surface area contributed by atoms with Crippen LogP contribution >= 0.6 is 0 Å². The van der Waals surface area contributed by atoms with Crippen LogP contribution in [0.25, 0.3) is 11.3 Å². The number of hydrogen-bond acceptors (Lipinski definition) is 3. The number of ether oxygens (including phenoxy) is 2. The Morgan fingerprint density at radius 2 is 1.82 bits per heavy atom. The van der Waals surface area contributed by atoms with Crippen molar-refractivity contribution < 1.29 is 18.3 Å². The van der Waals surface area contributed by atoms with Gasteiger partial charge in [-0.15, -0.1) is 0 Å². The average molecular weight is 310 g/mol. The Morgan fingerprint density at radius 1 is 1.14 bits per heavy atom. The Labute approximate surface area is 128 Å². The summed E-state index contributed by atoms with van der Waals surface area (Å²) < 4.78 is 36.5. The zero-order valence-corrected chi connectivity index (χ0v) is 13.4. The zero-order chi connectivity index (χ0) is 16.4. The minimum atomic E-state index is -2.87. The van der Waals surface area contributed by atoms with E-state index >= 15 is 0 Å². The summed E-state index contributed by atoms with van der Waals surface area (Å²) in [6, 6.07) is 5.66. The summed E-state index contributed by atoms with van der Waals surface area (Å²) in [5.74, 6) is 0.876. The van der Waals surface area contributed by atoms with Gasteiger partial charge in [0.05, 0.1) is 11.8 Å². The van der Waals surface area contributed by atoms with E-state index in [1.807, 2.05) is 39.0 Å². The second-order valence-corrected chi connectivity index (χ2v) is 5.43. The van der Waals surface area contributed by atoms with Gasteiger partial charge in [0, 0.05) is 18.2 Å². The molecule has 0 radical (unpaired) electrons. The summed E-state index contributed by atoms with van der Waals surface area (Å²) in [7, 11) is 1.58. The molecule has 0 aliphatic rings. The molecule has 0 aliphatic carbocycles. The number of alkyl halides is 2. The first-order valence-corrected chi connectivity index (χ1v) is 7.05. The lowest BCUT2D eigenvalue weighted by Gasteiger charge is -2.13. The van der Waals surface area contributed by atoms with Crippen LogP contribution in [0, 0.1) is 13.8 Å². The van der Waals surface area contributed by atoms with Gasteiger partial charge >= 0.3 is 6.61 Å². The van der Waals surface area contributed by atoms with Crippen molar-refractivity contribution in [2.75, 3.05) is 0 Å². The molecule has 120 valence electrons. The van der Waals surface area contributed by atoms with Crippen molar-refractivity contribution >= 4 is 0 Å². The number of nitrogens with zero attached hydrogens (tertiary/aromatic N) is 2. The minimum absolute atomic E-state index is 0.0742. The number of benzene rings is 1. The molecular weight excluding hydrogens is 290 g/mol.